The van der Waals surface area contributed by atoms with E-state index in [-0.39, 0.29) is 26.9 Å². The normalized spacial score (nSPS) is 12.1. The van der Waals surface area contributed by atoms with E-state index in [4.69, 9.17) is 27.3 Å². The highest BCUT2D eigenvalue weighted by molar-refractivity contribution is 8.93. The molecule has 4 nitrogen and oxygen atoms in total. The highest BCUT2D eigenvalue weighted by atomic mass is 79.9. The lowest BCUT2D eigenvalue weighted by Gasteiger charge is -2.08. The van der Waals surface area contributed by atoms with E-state index in [9.17, 15) is 8.42 Å². The maximum Gasteiger partial charge on any atom is 0.262 e. The van der Waals surface area contributed by atoms with Gasteiger partial charge in [0, 0.05) is 28.2 Å². The molecule has 0 aliphatic heterocycles. The monoisotopic (exact) mass is 506 g/mol. The average Bonchev–Trinajstić information content (AvgIpc) is 2.99. The van der Waals surface area contributed by atoms with Crippen molar-refractivity contribution < 1.29 is 8.42 Å². The van der Waals surface area contributed by atoms with Crippen LogP contribution in [0.15, 0.2) is 57.7 Å². The standard InChI is InChI=1S/C18H16Cl2N2O2S2.BrH/c1-3-22-16(13-8-9-14(19)17(10-13)26(20,23)24)11-25-18(22)21-15-7-5-4-6-12(15)2;/h4-11H,3H2,1-2H3;1H. The Morgan fingerprint density at radius 2 is 1.89 bits per heavy atom. The summed E-state index contributed by atoms with van der Waals surface area (Å²) in [5.74, 6) is 0. The SMILES string of the molecule is Br.CCn1c(-c2ccc(Cl)c(S(=O)(=O)Cl)c2)csc1=Nc1ccccc1C. The Morgan fingerprint density at radius 3 is 2.52 bits per heavy atom. The lowest BCUT2D eigenvalue weighted by atomic mass is 10.2. The fraction of sp³-hybridized carbons (Fsp3) is 0.167. The molecule has 2 aromatic carbocycles. The second-order valence-corrected chi connectivity index (χ2v) is 9.41. The zero-order chi connectivity index (χ0) is 18.9. The lowest BCUT2D eigenvalue weighted by molar-refractivity contribution is 0.609. The van der Waals surface area contributed by atoms with Crippen LogP contribution < -0.4 is 4.80 Å². The minimum Gasteiger partial charge on any atom is -0.317 e. The van der Waals surface area contributed by atoms with Crippen molar-refractivity contribution >= 4 is 65.3 Å². The Morgan fingerprint density at radius 1 is 1.19 bits per heavy atom. The van der Waals surface area contributed by atoms with Gasteiger partial charge in [-0.25, -0.2) is 13.4 Å². The molecular formula is C18H17BrCl2N2O2S2. The Hall–Kier alpha value is -1.12. The summed E-state index contributed by atoms with van der Waals surface area (Å²) in [5, 5.41) is 2.06. The number of rotatable bonds is 4. The minimum atomic E-state index is -3.92. The van der Waals surface area contributed by atoms with E-state index in [1.54, 1.807) is 12.1 Å². The summed E-state index contributed by atoms with van der Waals surface area (Å²) < 4.78 is 25.5. The van der Waals surface area contributed by atoms with Crippen LogP contribution in [-0.2, 0) is 15.6 Å². The Labute approximate surface area is 182 Å². The van der Waals surface area contributed by atoms with Crippen molar-refractivity contribution in [2.75, 3.05) is 0 Å². The molecule has 0 fully saturated rings. The van der Waals surface area contributed by atoms with Gasteiger partial charge in [-0.1, -0.05) is 35.9 Å². The van der Waals surface area contributed by atoms with Gasteiger partial charge in [0.15, 0.2) is 4.80 Å². The Kier molecular flexibility index (Phi) is 7.33. The average molecular weight is 508 g/mol. The molecule has 0 amide bonds. The van der Waals surface area contributed by atoms with Crippen LogP contribution in [-0.4, -0.2) is 13.0 Å². The molecule has 0 N–H and O–H groups in total. The van der Waals surface area contributed by atoms with Crippen molar-refractivity contribution in [2.45, 2.75) is 25.3 Å². The zero-order valence-electron chi connectivity index (χ0n) is 14.5. The predicted molar refractivity (Wildman–Crippen MR) is 118 cm³/mol. The first kappa shape index (κ1) is 22.2. The molecule has 0 spiro atoms. The summed E-state index contributed by atoms with van der Waals surface area (Å²) >= 11 is 7.48. The van der Waals surface area contributed by atoms with Crippen LogP contribution in [0.5, 0.6) is 0 Å². The summed E-state index contributed by atoms with van der Waals surface area (Å²) in [6.07, 6.45) is 0. The van der Waals surface area contributed by atoms with Crippen LogP contribution in [0.1, 0.15) is 12.5 Å². The molecule has 0 saturated heterocycles. The van der Waals surface area contributed by atoms with Crippen LogP contribution in [0.3, 0.4) is 0 Å². The third kappa shape index (κ3) is 4.84. The summed E-state index contributed by atoms with van der Waals surface area (Å²) in [4.78, 5) is 5.50. The van der Waals surface area contributed by atoms with Crippen molar-refractivity contribution in [3.8, 4) is 11.3 Å². The predicted octanol–water partition coefficient (Wildman–Crippen LogP) is 5.94. The van der Waals surface area contributed by atoms with Gasteiger partial charge < -0.3 is 4.57 Å². The molecule has 1 heterocycles. The molecule has 3 rings (SSSR count). The van der Waals surface area contributed by atoms with E-state index >= 15 is 0 Å². The molecule has 0 radical (unpaired) electrons. The van der Waals surface area contributed by atoms with Gasteiger partial charge in [0.25, 0.3) is 9.05 Å². The topological polar surface area (TPSA) is 51.4 Å². The number of aromatic nitrogens is 1. The van der Waals surface area contributed by atoms with Crippen LogP contribution >= 0.6 is 50.6 Å². The summed E-state index contributed by atoms with van der Waals surface area (Å²) in [7, 11) is 1.57. The third-order valence-corrected chi connectivity index (χ3v) is 6.60. The lowest BCUT2D eigenvalue weighted by Crippen LogP contribution is -2.14. The highest BCUT2D eigenvalue weighted by Crippen LogP contribution is 2.30. The summed E-state index contributed by atoms with van der Waals surface area (Å²) in [6.45, 7) is 4.72. The van der Waals surface area contributed by atoms with Gasteiger partial charge in [-0.05, 0) is 37.6 Å². The molecule has 3 aromatic rings. The van der Waals surface area contributed by atoms with E-state index in [2.05, 4.69) is 0 Å². The van der Waals surface area contributed by atoms with Crippen molar-refractivity contribution in [2.24, 2.45) is 4.99 Å². The number of halogens is 3. The molecule has 1 aromatic heterocycles. The van der Waals surface area contributed by atoms with E-state index in [0.29, 0.717) is 6.54 Å². The summed E-state index contributed by atoms with van der Waals surface area (Å²) in [5.41, 5.74) is 3.58. The molecule has 144 valence electrons. The molecule has 0 aliphatic carbocycles. The summed E-state index contributed by atoms with van der Waals surface area (Å²) in [6, 6.07) is 12.7. The van der Waals surface area contributed by atoms with Crippen molar-refractivity contribution in [1.29, 1.82) is 0 Å². The number of para-hydroxylation sites is 1. The largest absolute Gasteiger partial charge is 0.317 e. The van der Waals surface area contributed by atoms with Crippen LogP contribution in [0.4, 0.5) is 5.69 Å². The first-order valence-electron chi connectivity index (χ1n) is 7.84. The molecule has 0 unspecified atom stereocenters. The fourth-order valence-corrected chi connectivity index (χ4v) is 5.07. The molecule has 9 heteroatoms. The second-order valence-electron chi connectivity index (χ2n) is 5.63. The van der Waals surface area contributed by atoms with Gasteiger partial charge in [0.2, 0.25) is 0 Å². The van der Waals surface area contributed by atoms with E-state index < -0.39 is 9.05 Å². The van der Waals surface area contributed by atoms with Crippen molar-refractivity contribution in [3.05, 3.63) is 63.2 Å². The van der Waals surface area contributed by atoms with E-state index in [1.165, 1.54) is 17.4 Å². The molecule has 0 atom stereocenters. The Bertz CT molecular complexity index is 1140. The van der Waals surface area contributed by atoms with Crippen LogP contribution in [0.2, 0.25) is 5.02 Å². The van der Waals surface area contributed by atoms with E-state index in [0.717, 1.165) is 27.3 Å². The number of aryl methyl sites for hydroxylation is 1. The van der Waals surface area contributed by atoms with Gasteiger partial charge >= 0.3 is 0 Å². The van der Waals surface area contributed by atoms with Crippen LogP contribution in [0, 0.1) is 6.92 Å². The number of hydrogen-bond acceptors (Lipinski definition) is 4. The number of thiazole rings is 1. The Balaban J connectivity index is 0.00000261. The molecule has 0 aliphatic rings. The molecule has 27 heavy (non-hydrogen) atoms. The van der Waals surface area contributed by atoms with Crippen LogP contribution in [0.25, 0.3) is 11.3 Å². The van der Waals surface area contributed by atoms with Crippen molar-refractivity contribution in [3.63, 3.8) is 0 Å². The zero-order valence-corrected chi connectivity index (χ0v) is 19.4. The minimum absolute atomic E-state index is 0. The number of benzene rings is 2. The number of hydrogen-bond donors (Lipinski definition) is 0. The van der Waals surface area contributed by atoms with Crippen molar-refractivity contribution in [1.82, 2.24) is 4.57 Å². The maximum atomic E-state index is 11.7. The number of nitrogens with zero attached hydrogens (tertiary/aromatic N) is 2. The third-order valence-electron chi connectivity index (χ3n) is 3.94. The van der Waals surface area contributed by atoms with Gasteiger partial charge in [0.1, 0.15) is 4.90 Å². The smallest absolute Gasteiger partial charge is 0.262 e. The van der Waals surface area contributed by atoms with E-state index in [1.807, 2.05) is 48.1 Å². The first-order valence-corrected chi connectivity index (χ1v) is 11.4. The second kappa shape index (κ2) is 8.92. The van der Waals surface area contributed by atoms with Gasteiger partial charge in [-0.15, -0.1) is 28.3 Å². The highest BCUT2D eigenvalue weighted by Gasteiger charge is 2.17. The quantitative estimate of drug-likeness (QED) is 0.410. The van der Waals surface area contributed by atoms with Gasteiger partial charge in [-0.3, -0.25) is 0 Å². The fourth-order valence-electron chi connectivity index (χ4n) is 2.60. The van der Waals surface area contributed by atoms with Gasteiger partial charge in [0.05, 0.1) is 16.4 Å². The molecule has 0 saturated carbocycles. The van der Waals surface area contributed by atoms with Gasteiger partial charge in [-0.2, -0.15) is 0 Å². The maximum absolute atomic E-state index is 11.7. The molecular weight excluding hydrogens is 491 g/mol. The molecule has 0 bridgehead atoms. The first-order chi connectivity index (χ1) is 12.3.